The topological polar surface area (TPSA) is 101 Å². The van der Waals surface area contributed by atoms with Gasteiger partial charge in [0.1, 0.15) is 0 Å². The Morgan fingerprint density at radius 1 is 1.20 bits per heavy atom. The maximum Gasteiger partial charge on any atom is 0.223 e. The first-order chi connectivity index (χ1) is 9.43. The van der Waals surface area contributed by atoms with Gasteiger partial charge < -0.3 is 16.4 Å². The molecule has 0 aliphatic heterocycles. The molecular weight excluding hydrogens is 258 g/mol. The number of carbonyl (C=O) groups excluding carboxylic acids is 3. The maximum absolute atomic E-state index is 12.2. The van der Waals surface area contributed by atoms with Crippen molar-refractivity contribution in [1.29, 1.82) is 0 Å². The van der Waals surface area contributed by atoms with Crippen LogP contribution in [0.2, 0.25) is 0 Å². The lowest BCUT2D eigenvalue weighted by molar-refractivity contribution is -0.130. The van der Waals surface area contributed by atoms with Gasteiger partial charge in [0.05, 0.1) is 6.04 Å². The molecule has 0 heterocycles. The van der Waals surface area contributed by atoms with E-state index in [-0.39, 0.29) is 30.4 Å². The third kappa shape index (κ3) is 5.28. The number of hydrogen-bond donors (Lipinski definition) is 3. The SMILES string of the molecule is CNC1CCC(C(=O)NC(CCC(N)=O)C(C)=O)CC1. The maximum atomic E-state index is 12.2. The highest BCUT2D eigenvalue weighted by atomic mass is 16.2. The van der Waals surface area contributed by atoms with Crippen LogP contribution in [0.15, 0.2) is 0 Å². The molecule has 0 bridgehead atoms. The van der Waals surface area contributed by atoms with Gasteiger partial charge in [-0.3, -0.25) is 14.4 Å². The minimum absolute atomic E-state index is 0.0324. The molecule has 0 aromatic rings. The third-order valence-electron chi connectivity index (χ3n) is 3.99. The highest BCUT2D eigenvalue weighted by Crippen LogP contribution is 2.24. The van der Waals surface area contributed by atoms with Crippen molar-refractivity contribution in [1.82, 2.24) is 10.6 Å². The van der Waals surface area contributed by atoms with Crippen LogP contribution in [-0.2, 0) is 14.4 Å². The van der Waals surface area contributed by atoms with Crippen LogP contribution in [0.3, 0.4) is 0 Å². The van der Waals surface area contributed by atoms with Crippen molar-refractivity contribution in [2.24, 2.45) is 11.7 Å². The summed E-state index contributed by atoms with van der Waals surface area (Å²) in [5, 5.41) is 5.98. The zero-order chi connectivity index (χ0) is 15.1. The van der Waals surface area contributed by atoms with E-state index in [1.54, 1.807) is 0 Å². The van der Waals surface area contributed by atoms with Crippen LogP contribution >= 0.6 is 0 Å². The number of carbonyl (C=O) groups is 3. The number of nitrogens with two attached hydrogens (primary N) is 1. The van der Waals surface area contributed by atoms with Crippen LogP contribution < -0.4 is 16.4 Å². The van der Waals surface area contributed by atoms with Crippen LogP contribution in [0.25, 0.3) is 0 Å². The van der Waals surface area contributed by atoms with Crippen LogP contribution in [-0.4, -0.2) is 36.7 Å². The summed E-state index contributed by atoms with van der Waals surface area (Å²) in [7, 11) is 1.93. The number of ketones is 1. The first-order valence-corrected chi connectivity index (χ1v) is 7.20. The molecular formula is C14H25N3O3. The molecule has 6 nitrogen and oxygen atoms in total. The van der Waals surface area contributed by atoms with Gasteiger partial charge in [-0.1, -0.05) is 0 Å². The Hall–Kier alpha value is -1.43. The smallest absolute Gasteiger partial charge is 0.223 e. The summed E-state index contributed by atoms with van der Waals surface area (Å²) >= 11 is 0. The Kier molecular flexibility index (Phi) is 6.64. The molecule has 1 saturated carbocycles. The van der Waals surface area contributed by atoms with Crippen molar-refractivity contribution in [2.75, 3.05) is 7.05 Å². The van der Waals surface area contributed by atoms with Crippen molar-refractivity contribution < 1.29 is 14.4 Å². The monoisotopic (exact) mass is 283 g/mol. The Morgan fingerprint density at radius 2 is 1.80 bits per heavy atom. The Morgan fingerprint density at radius 3 is 2.25 bits per heavy atom. The number of amides is 2. The van der Waals surface area contributed by atoms with E-state index in [4.69, 9.17) is 5.73 Å². The van der Waals surface area contributed by atoms with E-state index < -0.39 is 11.9 Å². The van der Waals surface area contributed by atoms with E-state index >= 15 is 0 Å². The van der Waals surface area contributed by atoms with Crippen molar-refractivity contribution in [3.05, 3.63) is 0 Å². The van der Waals surface area contributed by atoms with Gasteiger partial charge in [0.25, 0.3) is 0 Å². The summed E-state index contributed by atoms with van der Waals surface area (Å²) in [6.07, 6.45) is 4.00. The summed E-state index contributed by atoms with van der Waals surface area (Å²) in [6.45, 7) is 1.42. The van der Waals surface area contributed by atoms with E-state index in [1.807, 2.05) is 7.05 Å². The molecule has 1 aliphatic carbocycles. The van der Waals surface area contributed by atoms with Gasteiger partial charge in [-0.05, 0) is 46.1 Å². The molecule has 0 radical (unpaired) electrons. The van der Waals surface area contributed by atoms with Gasteiger partial charge >= 0.3 is 0 Å². The number of primary amides is 1. The third-order valence-corrected chi connectivity index (χ3v) is 3.99. The van der Waals surface area contributed by atoms with Crippen molar-refractivity contribution in [2.45, 2.75) is 57.5 Å². The van der Waals surface area contributed by atoms with E-state index in [2.05, 4.69) is 10.6 Å². The van der Waals surface area contributed by atoms with Gasteiger partial charge in [-0.15, -0.1) is 0 Å². The first-order valence-electron chi connectivity index (χ1n) is 7.20. The molecule has 1 rings (SSSR count). The zero-order valence-corrected chi connectivity index (χ0v) is 12.3. The summed E-state index contributed by atoms with van der Waals surface area (Å²) < 4.78 is 0. The van der Waals surface area contributed by atoms with Gasteiger partial charge in [0.15, 0.2) is 5.78 Å². The largest absolute Gasteiger partial charge is 0.370 e. The minimum Gasteiger partial charge on any atom is -0.370 e. The van der Waals surface area contributed by atoms with Crippen LogP contribution in [0.4, 0.5) is 0 Å². The van der Waals surface area contributed by atoms with Crippen LogP contribution in [0.1, 0.15) is 45.4 Å². The van der Waals surface area contributed by atoms with Crippen molar-refractivity contribution in [3.8, 4) is 0 Å². The molecule has 1 fully saturated rings. The fourth-order valence-corrected chi connectivity index (χ4v) is 2.60. The van der Waals surface area contributed by atoms with Crippen molar-refractivity contribution in [3.63, 3.8) is 0 Å². The van der Waals surface area contributed by atoms with E-state index in [0.717, 1.165) is 25.7 Å². The molecule has 20 heavy (non-hydrogen) atoms. The second kappa shape index (κ2) is 7.99. The lowest BCUT2D eigenvalue weighted by Crippen LogP contribution is -2.45. The molecule has 1 aliphatic rings. The molecule has 4 N–H and O–H groups in total. The number of nitrogens with one attached hydrogen (secondary N) is 2. The second-order valence-electron chi connectivity index (χ2n) is 5.51. The standard InChI is InChI=1S/C14H25N3O3/c1-9(18)12(7-8-13(15)19)17-14(20)10-3-5-11(16-2)6-4-10/h10-12,16H,3-8H2,1-2H3,(H2,15,19)(H,17,20). The Bertz CT molecular complexity index is 363. The van der Waals surface area contributed by atoms with Gasteiger partial charge in [0.2, 0.25) is 11.8 Å². The molecule has 0 aromatic heterocycles. The fourth-order valence-electron chi connectivity index (χ4n) is 2.60. The Balaban J connectivity index is 2.45. The predicted molar refractivity (Wildman–Crippen MR) is 75.8 cm³/mol. The molecule has 0 spiro atoms. The summed E-state index contributed by atoms with van der Waals surface area (Å²) in [5.74, 6) is -0.706. The molecule has 114 valence electrons. The van der Waals surface area contributed by atoms with E-state index in [1.165, 1.54) is 6.92 Å². The number of hydrogen-bond acceptors (Lipinski definition) is 4. The first kappa shape index (κ1) is 16.6. The van der Waals surface area contributed by atoms with Crippen LogP contribution in [0, 0.1) is 5.92 Å². The summed E-state index contributed by atoms with van der Waals surface area (Å²) in [5.41, 5.74) is 5.08. The average Bonchev–Trinajstić information content (AvgIpc) is 2.42. The van der Waals surface area contributed by atoms with Crippen LogP contribution in [0.5, 0.6) is 0 Å². The fraction of sp³-hybridized carbons (Fsp3) is 0.786. The molecule has 1 unspecified atom stereocenters. The molecule has 6 heteroatoms. The average molecular weight is 283 g/mol. The van der Waals surface area contributed by atoms with E-state index in [9.17, 15) is 14.4 Å². The van der Waals surface area contributed by atoms with Gasteiger partial charge in [0, 0.05) is 18.4 Å². The molecule has 1 atom stereocenters. The molecule has 0 aromatic carbocycles. The number of rotatable bonds is 7. The second-order valence-corrected chi connectivity index (χ2v) is 5.51. The lowest BCUT2D eigenvalue weighted by atomic mass is 9.85. The predicted octanol–water partition coefficient (Wildman–Crippen LogP) is 0.104. The summed E-state index contributed by atoms with van der Waals surface area (Å²) in [6, 6.07) is -0.116. The highest BCUT2D eigenvalue weighted by Gasteiger charge is 2.27. The van der Waals surface area contributed by atoms with Gasteiger partial charge in [-0.25, -0.2) is 0 Å². The number of Topliss-reactive ketones (excluding diaryl/α,β-unsaturated/α-hetero) is 1. The molecule has 2 amide bonds. The van der Waals surface area contributed by atoms with E-state index in [0.29, 0.717) is 6.04 Å². The van der Waals surface area contributed by atoms with Gasteiger partial charge in [-0.2, -0.15) is 0 Å². The normalized spacial score (nSPS) is 23.9. The Labute approximate surface area is 119 Å². The lowest BCUT2D eigenvalue weighted by Gasteiger charge is -2.28. The zero-order valence-electron chi connectivity index (χ0n) is 12.3. The van der Waals surface area contributed by atoms with Crippen molar-refractivity contribution >= 4 is 17.6 Å². The molecule has 0 saturated heterocycles. The minimum atomic E-state index is -0.600. The quantitative estimate of drug-likeness (QED) is 0.617. The summed E-state index contributed by atoms with van der Waals surface area (Å²) in [4.78, 5) is 34.4. The highest BCUT2D eigenvalue weighted by molar-refractivity contribution is 5.88.